The van der Waals surface area contributed by atoms with Crippen LogP contribution in [0, 0.1) is 16.7 Å². The molecular formula is C13H15BrN2O2. The zero-order valence-electron chi connectivity index (χ0n) is 10.8. The number of benzene rings is 1. The molecule has 0 aromatic heterocycles. The summed E-state index contributed by atoms with van der Waals surface area (Å²) in [6.45, 7) is 3.19. The van der Waals surface area contributed by atoms with E-state index in [1.807, 2.05) is 12.1 Å². The quantitative estimate of drug-likeness (QED) is 0.862. The molecule has 0 unspecified atom stereocenters. The predicted octanol–water partition coefficient (Wildman–Crippen LogP) is 2.97. The third-order valence-corrected chi connectivity index (χ3v) is 3.11. The van der Waals surface area contributed by atoms with Crippen molar-refractivity contribution in [3.05, 3.63) is 22.7 Å². The number of carbonyl (C=O) groups excluding carboxylic acids is 1. The van der Waals surface area contributed by atoms with Crippen LogP contribution in [-0.2, 0) is 4.79 Å². The monoisotopic (exact) mass is 310 g/mol. The van der Waals surface area contributed by atoms with Gasteiger partial charge in [-0.1, -0.05) is 15.9 Å². The average Bonchev–Trinajstić information content (AvgIpc) is 2.36. The van der Waals surface area contributed by atoms with Gasteiger partial charge in [0.25, 0.3) is 0 Å². The highest BCUT2D eigenvalue weighted by molar-refractivity contribution is 9.10. The summed E-state index contributed by atoms with van der Waals surface area (Å²) in [6.07, 6.45) is 0. The van der Waals surface area contributed by atoms with E-state index in [2.05, 4.69) is 15.9 Å². The first-order valence-corrected chi connectivity index (χ1v) is 6.15. The number of amides is 1. The Morgan fingerprint density at radius 3 is 2.61 bits per heavy atom. The van der Waals surface area contributed by atoms with Crippen molar-refractivity contribution in [3.8, 4) is 11.8 Å². The lowest BCUT2D eigenvalue weighted by Crippen LogP contribution is -2.37. The minimum atomic E-state index is -1.07. The highest BCUT2D eigenvalue weighted by atomic mass is 79.9. The highest BCUT2D eigenvalue weighted by Crippen LogP contribution is 2.32. The van der Waals surface area contributed by atoms with Gasteiger partial charge in [0.05, 0.1) is 18.9 Å². The maximum atomic E-state index is 12.2. The predicted molar refractivity (Wildman–Crippen MR) is 73.5 cm³/mol. The van der Waals surface area contributed by atoms with Crippen LogP contribution in [0.15, 0.2) is 22.7 Å². The Labute approximate surface area is 115 Å². The molecule has 1 aromatic rings. The van der Waals surface area contributed by atoms with Gasteiger partial charge in [-0.25, -0.2) is 0 Å². The summed E-state index contributed by atoms with van der Waals surface area (Å²) in [7, 11) is 3.17. The Morgan fingerprint density at radius 2 is 2.11 bits per heavy atom. The number of rotatable bonds is 3. The number of nitrogens with zero attached hydrogens (tertiary/aromatic N) is 2. The molecule has 1 rings (SSSR count). The first-order chi connectivity index (χ1) is 8.33. The normalized spacial score (nSPS) is 10.7. The minimum absolute atomic E-state index is 0.276. The standard InChI is InChI=1S/C13H15BrN2O2/c1-13(2,8-15)12(17)16(3)10-7-9(14)5-6-11(10)18-4/h5-7H,1-4H3. The average molecular weight is 311 g/mol. The number of nitriles is 1. The van der Waals surface area contributed by atoms with Crippen molar-refractivity contribution in [2.75, 3.05) is 19.1 Å². The Balaban J connectivity index is 3.19. The summed E-state index contributed by atoms with van der Waals surface area (Å²) in [4.78, 5) is 13.6. The fourth-order valence-electron chi connectivity index (χ4n) is 1.50. The molecule has 0 aliphatic carbocycles. The SMILES string of the molecule is COc1ccc(Br)cc1N(C)C(=O)C(C)(C)C#N. The van der Waals surface area contributed by atoms with Crippen LogP contribution in [0.25, 0.3) is 0 Å². The molecule has 96 valence electrons. The first kappa shape index (κ1) is 14.5. The molecule has 0 aliphatic rings. The van der Waals surface area contributed by atoms with Crippen molar-refractivity contribution in [2.45, 2.75) is 13.8 Å². The molecule has 0 spiro atoms. The molecule has 0 heterocycles. The van der Waals surface area contributed by atoms with Crippen LogP contribution in [0.2, 0.25) is 0 Å². The largest absolute Gasteiger partial charge is 0.495 e. The summed E-state index contributed by atoms with van der Waals surface area (Å²) < 4.78 is 6.06. The van der Waals surface area contributed by atoms with E-state index in [-0.39, 0.29) is 5.91 Å². The van der Waals surface area contributed by atoms with Crippen LogP contribution in [-0.4, -0.2) is 20.1 Å². The number of carbonyl (C=O) groups is 1. The third-order valence-electron chi connectivity index (χ3n) is 2.62. The second kappa shape index (κ2) is 5.40. The van der Waals surface area contributed by atoms with E-state index < -0.39 is 5.41 Å². The molecule has 0 saturated heterocycles. The molecule has 0 fully saturated rings. The summed E-state index contributed by atoms with van der Waals surface area (Å²) in [5.41, 5.74) is -0.442. The molecular weight excluding hydrogens is 296 g/mol. The van der Waals surface area contributed by atoms with E-state index in [0.29, 0.717) is 11.4 Å². The molecule has 0 N–H and O–H groups in total. The molecule has 0 bridgehead atoms. The topological polar surface area (TPSA) is 53.3 Å². The van der Waals surface area contributed by atoms with Crippen molar-refractivity contribution in [3.63, 3.8) is 0 Å². The smallest absolute Gasteiger partial charge is 0.246 e. The second-order valence-electron chi connectivity index (χ2n) is 4.42. The Morgan fingerprint density at radius 1 is 1.50 bits per heavy atom. The Bertz CT molecular complexity index is 506. The van der Waals surface area contributed by atoms with Crippen molar-refractivity contribution in [1.29, 1.82) is 5.26 Å². The summed E-state index contributed by atoms with van der Waals surface area (Å²) in [5.74, 6) is 0.309. The molecule has 18 heavy (non-hydrogen) atoms. The Kier molecular flexibility index (Phi) is 4.36. The molecule has 0 atom stereocenters. The molecule has 1 aromatic carbocycles. The van der Waals surface area contributed by atoms with E-state index >= 15 is 0 Å². The van der Waals surface area contributed by atoms with Gasteiger partial charge in [-0.15, -0.1) is 0 Å². The number of methoxy groups -OCH3 is 1. The van der Waals surface area contributed by atoms with Crippen molar-refractivity contribution in [2.24, 2.45) is 5.41 Å². The van der Waals surface area contributed by atoms with Gasteiger partial charge in [0.15, 0.2) is 0 Å². The second-order valence-corrected chi connectivity index (χ2v) is 5.33. The number of halogens is 1. The molecule has 0 saturated carbocycles. The van der Waals surface area contributed by atoms with Gasteiger partial charge in [-0.2, -0.15) is 5.26 Å². The fourth-order valence-corrected chi connectivity index (χ4v) is 1.85. The van der Waals surface area contributed by atoms with E-state index in [4.69, 9.17) is 10.00 Å². The zero-order chi connectivity index (χ0) is 13.9. The van der Waals surface area contributed by atoms with Crippen LogP contribution in [0.1, 0.15) is 13.8 Å². The number of ether oxygens (including phenoxy) is 1. The Hall–Kier alpha value is -1.54. The van der Waals surface area contributed by atoms with E-state index in [0.717, 1.165) is 4.47 Å². The number of hydrogen-bond donors (Lipinski definition) is 0. The van der Waals surface area contributed by atoms with E-state index in [1.54, 1.807) is 40.1 Å². The maximum Gasteiger partial charge on any atom is 0.246 e. The van der Waals surface area contributed by atoms with Gasteiger partial charge in [-0.05, 0) is 32.0 Å². The molecule has 1 amide bonds. The summed E-state index contributed by atoms with van der Waals surface area (Å²) in [5, 5.41) is 9.00. The molecule has 5 heteroatoms. The lowest BCUT2D eigenvalue weighted by molar-refractivity contribution is -0.123. The highest BCUT2D eigenvalue weighted by Gasteiger charge is 2.32. The lowest BCUT2D eigenvalue weighted by Gasteiger charge is -2.25. The first-order valence-electron chi connectivity index (χ1n) is 5.36. The van der Waals surface area contributed by atoms with Crippen LogP contribution in [0.3, 0.4) is 0 Å². The van der Waals surface area contributed by atoms with Crippen molar-refractivity contribution in [1.82, 2.24) is 0 Å². The molecule has 4 nitrogen and oxygen atoms in total. The van der Waals surface area contributed by atoms with Crippen molar-refractivity contribution < 1.29 is 9.53 Å². The van der Waals surface area contributed by atoms with Crippen molar-refractivity contribution >= 4 is 27.5 Å². The van der Waals surface area contributed by atoms with Gasteiger partial charge in [-0.3, -0.25) is 4.79 Å². The van der Waals surface area contributed by atoms with Gasteiger partial charge >= 0.3 is 0 Å². The van der Waals surface area contributed by atoms with Crippen LogP contribution in [0.5, 0.6) is 5.75 Å². The van der Waals surface area contributed by atoms with Crippen LogP contribution in [0.4, 0.5) is 5.69 Å². The number of hydrogen-bond acceptors (Lipinski definition) is 3. The zero-order valence-corrected chi connectivity index (χ0v) is 12.4. The fraction of sp³-hybridized carbons (Fsp3) is 0.385. The minimum Gasteiger partial charge on any atom is -0.495 e. The van der Waals surface area contributed by atoms with Crippen LogP contribution >= 0.6 is 15.9 Å². The molecule has 0 radical (unpaired) electrons. The van der Waals surface area contributed by atoms with Gasteiger partial charge in [0.1, 0.15) is 11.2 Å². The maximum absolute atomic E-state index is 12.2. The summed E-state index contributed by atoms with van der Waals surface area (Å²) in [6, 6.07) is 7.38. The third kappa shape index (κ3) is 2.82. The van der Waals surface area contributed by atoms with Gasteiger partial charge in [0.2, 0.25) is 5.91 Å². The number of anilines is 1. The van der Waals surface area contributed by atoms with Gasteiger partial charge in [0, 0.05) is 11.5 Å². The molecule has 0 aliphatic heterocycles. The lowest BCUT2D eigenvalue weighted by atomic mass is 9.94. The van der Waals surface area contributed by atoms with Crippen LogP contribution < -0.4 is 9.64 Å². The summed E-state index contributed by atoms with van der Waals surface area (Å²) >= 11 is 3.35. The van der Waals surface area contributed by atoms with E-state index in [1.165, 1.54) is 4.90 Å². The van der Waals surface area contributed by atoms with Gasteiger partial charge < -0.3 is 9.64 Å². The van der Waals surface area contributed by atoms with E-state index in [9.17, 15) is 4.79 Å².